The van der Waals surface area contributed by atoms with Crippen LogP contribution in [0.4, 0.5) is 0 Å². The molecule has 1 aliphatic rings. The quantitative estimate of drug-likeness (QED) is 0.514. The molecule has 3 amide bonds. The van der Waals surface area contributed by atoms with Gasteiger partial charge in [-0.15, -0.1) is 0 Å². The second-order valence-electron chi connectivity index (χ2n) is 2.59. The first-order chi connectivity index (χ1) is 6.08. The van der Waals surface area contributed by atoms with Gasteiger partial charge in [-0.3, -0.25) is 14.4 Å². The predicted octanol–water partition coefficient (Wildman–Crippen LogP) is -1.43. The van der Waals surface area contributed by atoms with Crippen molar-refractivity contribution in [3.63, 3.8) is 0 Å². The molecule has 1 rings (SSSR count). The van der Waals surface area contributed by atoms with Crippen LogP contribution in [0.5, 0.6) is 0 Å². The molecule has 0 aliphatic carbocycles. The molecule has 1 aliphatic heterocycles. The molecule has 0 spiro atoms. The lowest BCUT2D eigenvalue weighted by molar-refractivity contribution is -0.127. The molecule has 0 aromatic rings. The van der Waals surface area contributed by atoms with E-state index in [-0.39, 0.29) is 30.6 Å². The number of amidine groups is 1. The molecule has 0 unspecified atom stereocenters. The maximum atomic E-state index is 10.8. The van der Waals surface area contributed by atoms with Crippen molar-refractivity contribution in [2.24, 2.45) is 4.99 Å². The van der Waals surface area contributed by atoms with Gasteiger partial charge >= 0.3 is 0 Å². The molecule has 0 bridgehead atoms. The van der Waals surface area contributed by atoms with Crippen molar-refractivity contribution in [2.75, 3.05) is 6.54 Å². The molecule has 6 nitrogen and oxygen atoms in total. The molecule has 0 atom stereocenters. The number of hydrogen-bond donors (Lipinski definition) is 2. The van der Waals surface area contributed by atoms with E-state index in [1.165, 1.54) is 6.92 Å². The molecular weight excluding hydrogens is 174 g/mol. The summed E-state index contributed by atoms with van der Waals surface area (Å²) < 4.78 is 0. The summed E-state index contributed by atoms with van der Waals surface area (Å²) in [5.74, 6) is -0.920. The normalized spacial score (nSPS) is 16.2. The highest BCUT2D eigenvalue weighted by Crippen LogP contribution is 1.93. The minimum atomic E-state index is -0.482. The van der Waals surface area contributed by atoms with E-state index < -0.39 is 5.91 Å². The Labute approximate surface area is 74.4 Å². The highest BCUT2D eigenvalue weighted by molar-refractivity contribution is 6.14. The number of carbonyl (C=O) groups excluding carboxylic acids is 3. The second-order valence-corrected chi connectivity index (χ2v) is 2.59. The predicted molar refractivity (Wildman–Crippen MR) is 43.9 cm³/mol. The van der Waals surface area contributed by atoms with Crippen LogP contribution in [0.2, 0.25) is 0 Å². The van der Waals surface area contributed by atoms with Gasteiger partial charge in [-0.1, -0.05) is 0 Å². The zero-order valence-corrected chi connectivity index (χ0v) is 7.09. The number of aliphatic imine (C=N–C) groups is 1. The Morgan fingerprint density at radius 1 is 1.62 bits per heavy atom. The average Bonchev–Trinajstić information content (AvgIpc) is 1.99. The Balaban J connectivity index is 2.54. The zero-order valence-electron chi connectivity index (χ0n) is 7.09. The topological polar surface area (TPSA) is 87.6 Å². The molecule has 13 heavy (non-hydrogen) atoms. The summed E-state index contributed by atoms with van der Waals surface area (Å²) in [4.78, 5) is 35.6. The van der Waals surface area contributed by atoms with Crippen LogP contribution in [0, 0.1) is 0 Å². The van der Waals surface area contributed by atoms with E-state index >= 15 is 0 Å². The molecule has 0 radical (unpaired) electrons. The fourth-order valence-corrected chi connectivity index (χ4v) is 0.852. The van der Waals surface area contributed by atoms with Crippen LogP contribution in [-0.2, 0) is 14.4 Å². The Kier molecular flexibility index (Phi) is 2.73. The van der Waals surface area contributed by atoms with Gasteiger partial charge in [0.15, 0.2) is 0 Å². The van der Waals surface area contributed by atoms with Crippen molar-refractivity contribution in [3.05, 3.63) is 0 Å². The first-order valence-electron chi connectivity index (χ1n) is 3.72. The summed E-state index contributed by atoms with van der Waals surface area (Å²) in [5, 5.41) is 4.80. The lowest BCUT2D eigenvalue weighted by Gasteiger charge is -2.11. The van der Waals surface area contributed by atoms with Gasteiger partial charge in [0.2, 0.25) is 11.8 Å². The molecule has 0 fully saturated rings. The number of amides is 3. The molecule has 0 saturated heterocycles. The minimum absolute atomic E-state index is 0.0762. The summed E-state index contributed by atoms with van der Waals surface area (Å²) >= 11 is 0. The van der Waals surface area contributed by atoms with E-state index in [4.69, 9.17) is 0 Å². The van der Waals surface area contributed by atoms with Crippen molar-refractivity contribution in [3.8, 4) is 0 Å². The smallest absolute Gasteiger partial charge is 0.256 e. The third kappa shape index (κ3) is 3.02. The van der Waals surface area contributed by atoms with Gasteiger partial charge < -0.3 is 10.6 Å². The van der Waals surface area contributed by atoms with E-state index in [9.17, 15) is 14.4 Å². The lowest BCUT2D eigenvalue weighted by Crippen LogP contribution is -2.43. The Morgan fingerprint density at radius 2 is 2.31 bits per heavy atom. The summed E-state index contributed by atoms with van der Waals surface area (Å²) in [6, 6.07) is 0. The Morgan fingerprint density at radius 3 is 2.85 bits per heavy atom. The number of hydrogen-bond acceptors (Lipinski definition) is 3. The largest absolute Gasteiger partial charge is 0.349 e. The van der Waals surface area contributed by atoms with E-state index in [1.54, 1.807) is 0 Å². The second kappa shape index (κ2) is 3.79. The summed E-state index contributed by atoms with van der Waals surface area (Å²) in [7, 11) is 0. The van der Waals surface area contributed by atoms with Gasteiger partial charge in [-0.2, -0.15) is 4.99 Å². The van der Waals surface area contributed by atoms with Crippen molar-refractivity contribution in [1.82, 2.24) is 10.6 Å². The molecule has 0 aromatic carbocycles. The van der Waals surface area contributed by atoms with Crippen LogP contribution in [0.25, 0.3) is 0 Å². The zero-order chi connectivity index (χ0) is 9.84. The molecule has 70 valence electrons. The lowest BCUT2D eigenvalue weighted by atomic mass is 10.3. The standard InChI is InChI=1S/C7H9N3O3/c1-4(11)8-3-5-9-6(12)2-7(13)10-5/h2-3H2,1H3,(H,8,11)(H,9,10,12,13). The van der Waals surface area contributed by atoms with Crippen LogP contribution in [-0.4, -0.2) is 30.1 Å². The third-order valence-electron chi connectivity index (χ3n) is 1.36. The monoisotopic (exact) mass is 183 g/mol. The van der Waals surface area contributed by atoms with Gasteiger partial charge in [0, 0.05) is 6.92 Å². The molecule has 1 heterocycles. The van der Waals surface area contributed by atoms with Gasteiger partial charge in [0.05, 0.1) is 6.54 Å². The van der Waals surface area contributed by atoms with Crippen LogP contribution >= 0.6 is 0 Å². The Bertz CT molecular complexity index is 295. The fraction of sp³-hybridized carbons (Fsp3) is 0.429. The minimum Gasteiger partial charge on any atom is -0.349 e. The van der Waals surface area contributed by atoms with Crippen molar-refractivity contribution in [2.45, 2.75) is 13.3 Å². The first kappa shape index (κ1) is 9.37. The number of rotatable bonds is 2. The van der Waals surface area contributed by atoms with Crippen LogP contribution < -0.4 is 10.6 Å². The van der Waals surface area contributed by atoms with Crippen molar-refractivity contribution >= 4 is 23.6 Å². The van der Waals surface area contributed by atoms with Gasteiger partial charge in [0.1, 0.15) is 12.3 Å². The average molecular weight is 183 g/mol. The Hall–Kier alpha value is -1.72. The molecule has 0 saturated carbocycles. The van der Waals surface area contributed by atoms with Crippen LogP contribution in [0.1, 0.15) is 13.3 Å². The van der Waals surface area contributed by atoms with E-state index in [0.29, 0.717) is 0 Å². The fourth-order valence-electron chi connectivity index (χ4n) is 0.852. The van der Waals surface area contributed by atoms with E-state index in [0.717, 1.165) is 0 Å². The summed E-state index contributed by atoms with van der Waals surface area (Å²) in [6.07, 6.45) is -0.219. The molecule has 2 N–H and O–H groups in total. The van der Waals surface area contributed by atoms with Gasteiger partial charge in [-0.25, -0.2) is 0 Å². The maximum absolute atomic E-state index is 10.8. The van der Waals surface area contributed by atoms with Gasteiger partial charge in [-0.05, 0) is 0 Å². The third-order valence-corrected chi connectivity index (χ3v) is 1.36. The highest BCUT2D eigenvalue weighted by atomic mass is 16.2. The molecular formula is C7H9N3O3. The van der Waals surface area contributed by atoms with Crippen LogP contribution in [0.15, 0.2) is 4.99 Å². The number of nitrogens with zero attached hydrogens (tertiary/aromatic N) is 1. The number of carbonyl (C=O) groups is 3. The first-order valence-corrected chi connectivity index (χ1v) is 3.72. The molecule has 6 heteroatoms. The molecule has 0 aromatic heterocycles. The van der Waals surface area contributed by atoms with Crippen LogP contribution in [0.3, 0.4) is 0 Å². The van der Waals surface area contributed by atoms with Crippen molar-refractivity contribution < 1.29 is 14.4 Å². The SMILES string of the molecule is CC(=O)NCC1=NC(=O)CC(=O)N1. The highest BCUT2D eigenvalue weighted by Gasteiger charge is 2.17. The maximum Gasteiger partial charge on any atom is 0.256 e. The van der Waals surface area contributed by atoms with E-state index in [1.807, 2.05) is 0 Å². The van der Waals surface area contributed by atoms with Crippen molar-refractivity contribution in [1.29, 1.82) is 0 Å². The summed E-state index contributed by atoms with van der Waals surface area (Å²) in [6.45, 7) is 1.42. The summed E-state index contributed by atoms with van der Waals surface area (Å²) in [5.41, 5.74) is 0. The number of nitrogens with one attached hydrogen (secondary N) is 2. The van der Waals surface area contributed by atoms with E-state index in [2.05, 4.69) is 15.6 Å². The van der Waals surface area contributed by atoms with Gasteiger partial charge in [0.25, 0.3) is 5.91 Å².